The van der Waals surface area contributed by atoms with E-state index in [9.17, 15) is 4.79 Å². The lowest BCUT2D eigenvalue weighted by Gasteiger charge is -2.21. The fourth-order valence-corrected chi connectivity index (χ4v) is 2.79. The first-order valence-electron chi connectivity index (χ1n) is 8.13. The monoisotopic (exact) mass is 354 g/mol. The van der Waals surface area contributed by atoms with Crippen molar-refractivity contribution in [1.82, 2.24) is 14.9 Å². The third-order valence-corrected chi connectivity index (χ3v) is 4.19. The highest BCUT2D eigenvalue weighted by atomic mass is 35.5. The summed E-state index contributed by atoms with van der Waals surface area (Å²) in [6, 6.07) is 15.4. The molecule has 0 radical (unpaired) electrons. The van der Waals surface area contributed by atoms with Crippen LogP contribution in [0.4, 0.5) is 5.82 Å². The van der Waals surface area contributed by atoms with Crippen LogP contribution in [0.25, 0.3) is 10.9 Å². The first kappa shape index (κ1) is 17.2. The number of carbonyl (C=O) groups is 1. The number of nitrogens with one attached hydrogen (secondary N) is 1. The second-order valence-electron chi connectivity index (χ2n) is 5.63. The third kappa shape index (κ3) is 4.25. The molecule has 0 spiro atoms. The second-order valence-corrected chi connectivity index (χ2v) is 6.07. The Hall–Kier alpha value is -2.66. The summed E-state index contributed by atoms with van der Waals surface area (Å²) in [7, 11) is 0. The van der Waals surface area contributed by atoms with Crippen LogP contribution < -0.4 is 5.32 Å². The summed E-state index contributed by atoms with van der Waals surface area (Å²) in [5.74, 6) is 0.651. The van der Waals surface area contributed by atoms with Gasteiger partial charge in [-0.3, -0.25) is 4.79 Å². The first-order chi connectivity index (χ1) is 12.2. The third-order valence-electron chi connectivity index (χ3n) is 3.96. The smallest absolute Gasteiger partial charge is 0.242 e. The molecular formula is C19H19ClN4O. The molecule has 0 bridgehead atoms. The fourth-order valence-electron chi connectivity index (χ4n) is 2.62. The van der Waals surface area contributed by atoms with Gasteiger partial charge < -0.3 is 10.2 Å². The minimum atomic E-state index is 0.0204. The molecular weight excluding hydrogens is 336 g/mol. The van der Waals surface area contributed by atoms with Gasteiger partial charge in [0, 0.05) is 23.5 Å². The van der Waals surface area contributed by atoms with Crippen LogP contribution in [0.15, 0.2) is 54.9 Å². The van der Waals surface area contributed by atoms with Crippen molar-refractivity contribution in [2.24, 2.45) is 0 Å². The Morgan fingerprint density at radius 1 is 1.16 bits per heavy atom. The molecule has 0 fully saturated rings. The summed E-state index contributed by atoms with van der Waals surface area (Å²) in [6.07, 6.45) is 1.47. The molecule has 0 atom stereocenters. The number of anilines is 1. The molecule has 1 amide bonds. The Morgan fingerprint density at radius 2 is 1.96 bits per heavy atom. The van der Waals surface area contributed by atoms with E-state index in [1.165, 1.54) is 6.33 Å². The van der Waals surface area contributed by atoms with Crippen LogP contribution in [0.1, 0.15) is 12.5 Å². The van der Waals surface area contributed by atoms with E-state index in [4.69, 9.17) is 11.6 Å². The number of carbonyl (C=O) groups excluding carboxylic acids is 1. The minimum Gasteiger partial charge on any atom is -0.360 e. The van der Waals surface area contributed by atoms with E-state index in [0.29, 0.717) is 23.9 Å². The Morgan fingerprint density at radius 3 is 2.72 bits per heavy atom. The molecule has 1 aromatic heterocycles. The largest absolute Gasteiger partial charge is 0.360 e. The lowest BCUT2D eigenvalue weighted by Crippen LogP contribution is -2.35. The number of amides is 1. The Balaban J connectivity index is 1.69. The minimum absolute atomic E-state index is 0.0204. The quantitative estimate of drug-likeness (QED) is 0.732. The Bertz CT molecular complexity index is 870. The lowest BCUT2D eigenvalue weighted by atomic mass is 10.2. The van der Waals surface area contributed by atoms with Gasteiger partial charge in [0.05, 0.1) is 12.1 Å². The molecule has 0 saturated carbocycles. The molecule has 3 aromatic rings. The molecule has 0 aliphatic carbocycles. The van der Waals surface area contributed by atoms with E-state index in [1.807, 2.05) is 48.2 Å². The molecule has 2 aromatic carbocycles. The number of hydrogen-bond acceptors (Lipinski definition) is 4. The average molecular weight is 355 g/mol. The maximum atomic E-state index is 12.5. The number of aromatic nitrogens is 2. The van der Waals surface area contributed by atoms with Gasteiger partial charge in [-0.1, -0.05) is 41.9 Å². The van der Waals surface area contributed by atoms with Crippen LogP contribution in [0.2, 0.25) is 5.02 Å². The van der Waals surface area contributed by atoms with Crippen molar-refractivity contribution in [3.63, 3.8) is 0 Å². The van der Waals surface area contributed by atoms with Gasteiger partial charge in [0.2, 0.25) is 5.91 Å². The van der Waals surface area contributed by atoms with E-state index in [-0.39, 0.29) is 12.5 Å². The molecule has 5 nitrogen and oxygen atoms in total. The lowest BCUT2D eigenvalue weighted by molar-refractivity contribution is -0.129. The summed E-state index contributed by atoms with van der Waals surface area (Å²) in [6.45, 7) is 3.39. The molecule has 128 valence electrons. The summed E-state index contributed by atoms with van der Waals surface area (Å²) in [5, 5.41) is 4.58. The maximum absolute atomic E-state index is 12.5. The van der Waals surface area contributed by atoms with Gasteiger partial charge in [0.25, 0.3) is 0 Å². The van der Waals surface area contributed by atoms with E-state index < -0.39 is 0 Å². The van der Waals surface area contributed by atoms with Crippen molar-refractivity contribution in [3.8, 4) is 0 Å². The van der Waals surface area contributed by atoms with Crippen molar-refractivity contribution in [2.75, 3.05) is 18.4 Å². The van der Waals surface area contributed by atoms with Crippen molar-refractivity contribution in [3.05, 3.63) is 65.4 Å². The van der Waals surface area contributed by atoms with Gasteiger partial charge in [0.15, 0.2) is 0 Å². The van der Waals surface area contributed by atoms with Gasteiger partial charge in [0.1, 0.15) is 12.1 Å². The predicted molar refractivity (Wildman–Crippen MR) is 101 cm³/mol. The zero-order valence-electron chi connectivity index (χ0n) is 13.9. The number of halogens is 1. The number of rotatable bonds is 6. The van der Waals surface area contributed by atoms with E-state index in [1.54, 1.807) is 12.1 Å². The van der Waals surface area contributed by atoms with Crippen LogP contribution >= 0.6 is 11.6 Å². The number of nitrogens with zero attached hydrogens (tertiary/aromatic N) is 3. The van der Waals surface area contributed by atoms with Crippen LogP contribution in [-0.4, -0.2) is 33.9 Å². The molecule has 0 unspecified atom stereocenters. The zero-order valence-corrected chi connectivity index (χ0v) is 14.7. The summed E-state index contributed by atoms with van der Waals surface area (Å²) in [4.78, 5) is 22.8. The van der Waals surface area contributed by atoms with Gasteiger partial charge in [-0.25, -0.2) is 9.97 Å². The Labute approximate surface area is 151 Å². The van der Waals surface area contributed by atoms with Crippen LogP contribution in [0.5, 0.6) is 0 Å². The van der Waals surface area contributed by atoms with Crippen molar-refractivity contribution >= 4 is 34.2 Å². The van der Waals surface area contributed by atoms with Crippen LogP contribution in [-0.2, 0) is 11.3 Å². The van der Waals surface area contributed by atoms with Crippen molar-refractivity contribution in [1.29, 1.82) is 0 Å². The SMILES string of the molecule is CCN(Cc1ccccc1)C(=O)CNc1ncnc2cc(Cl)ccc12. The molecule has 6 heteroatoms. The first-order valence-corrected chi connectivity index (χ1v) is 8.51. The molecule has 1 N–H and O–H groups in total. The standard InChI is InChI=1S/C19H19ClN4O/c1-2-24(12-14-6-4-3-5-7-14)18(25)11-21-19-16-9-8-15(20)10-17(16)22-13-23-19/h3-10,13H,2,11-12H2,1H3,(H,21,22,23). The van der Waals surface area contributed by atoms with Crippen LogP contribution in [0, 0.1) is 0 Å². The summed E-state index contributed by atoms with van der Waals surface area (Å²) < 4.78 is 0. The molecule has 0 aliphatic rings. The normalized spacial score (nSPS) is 10.6. The van der Waals surface area contributed by atoms with E-state index in [0.717, 1.165) is 16.5 Å². The molecule has 3 rings (SSSR count). The predicted octanol–water partition coefficient (Wildman–Crippen LogP) is 3.74. The second kappa shape index (κ2) is 7.94. The highest BCUT2D eigenvalue weighted by molar-refractivity contribution is 6.31. The molecule has 0 aliphatic heterocycles. The van der Waals surface area contributed by atoms with Gasteiger partial charge in [-0.2, -0.15) is 0 Å². The Kier molecular flexibility index (Phi) is 5.46. The number of hydrogen-bond donors (Lipinski definition) is 1. The summed E-state index contributed by atoms with van der Waals surface area (Å²) in [5.41, 5.74) is 1.86. The number of likely N-dealkylation sites (N-methyl/N-ethyl adjacent to an activating group) is 1. The summed E-state index contributed by atoms with van der Waals surface area (Å²) >= 11 is 5.99. The topological polar surface area (TPSA) is 58.1 Å². The van der Waals surface area contributed by atoms with E-state index in [2.05, 4.69) is 15.3 Å². The van der Waals surface area contributed by atoms with Crippen molar-refractivity contribution in [2.45, 2.75) is 13.5 Å². The number of fused-ring (bicyclic) bond motifs is 1. The van der Waals surface area contributed by atoms with E-state index >= 15 is 0 Å². The molecule has 1 heterocycles. The van der Waals surface area contributed by atoms with Crippen molar-refractivity contribution < 1.29 is 4.79 Å². The highest BCUT2D eigenvalue weighted by Gasteiger charge is 2.13. The van der Waals surface area contributed by atoms with Crippen LogP contribution in [0.3, 0.4) is 0 Å². The average Bonchev–Trinajstić information content (AvgIpc) is 2.64. The molecule has 25 heavy (non-hydrogen) atoms. The van der Waals surface area contributed by atoms with Gasteiger partial charge >= 0.3 is 0 Å². The number of benzene rings is 2. The maximum Gasteiger partial charge on any atom is 0.242 e. The fraction of sp³-hybridized carbons (Fsp3) is 0.211. The van der Waals surface area contributed by atoms with Gasteiger partial charge in [-0.05, 0) is 30.7 Å². The zero-order chi connectivity index (χ0) is 17.6. The van der Waals surface area contributed by atoms with Gasteiger partial charge in [-0.15, -0.1) is 0 Å². The molecule has 0 saturated heterocycles. The highest BCUT2D eigenvalue weighted by Crippen LogP contribution is 2.22.